The van der Waals surface area contributed by atoms with Gasteiger partial charge in [-0.05, 0) is 56.4 Å². The van der Waals surface area contributed by atoms with E-state index in [4.69, 9.17) is 9.47 Å². The molecule has 2 aliphatic rings. The van der Waals surface area contributed by atoms with Crippen molar-refractivity contribution in [3.63, 3.8) is 0 Å². The standard InChI is InChI=1S/C26H31NO4/c1-19-24(26(28)29)12-14-27(19)22-13-16-31-25-18-23(11-10-21(25)17-22)30-15-6-5-9-20-7-3-2-4-8-20/h2-4,7-8,10-11,17-19,24H,5-6,9,12-16H2,1H3,(H,28,29). The van der Waals surface area contributed by atoms with Gasteiger partial charge in [0.25, 0.3) is 0 Å². The molecule has 0 radical (unpaired) electrons. The SMILES string of the molecule is CC1C(C(=O)O)CCN1C1=Cc2ccc(OCCCCc3ccccc3)cc2OCC1. The molecule has 31 heavy (non-hydrogen) atoms. The van der Waals surface area contributed by atoms with Crippen LogP contribution < -0.4 is 9.47 Å². The normalized spacial score (nSPS) is 20.4. The van der Waals surface area contributed by atoms with Crippen molar-refractivity contribution < 1.29 is 19.4 Å². The van der Waals surface area contributed by atoms with E-state index in [1.54, 1.807) is 0 Å². The first-order valence-corrected chi connectivity index (χ1v) is 11.3. The second kappa shape index (κ2) is 9.90. The molecule has 5 heteroatoms. The van der Waals surface area contributed by atoms with Crippen LogP contribution in [0.4, 0.5) is 0 Å². The Kier molecular flexibility index (Phi) is 6.80. The molecule has 0 bridgehead atoms. The van der Waals surface area contributed by atoms with E-state index in [1.165, 1.54) is 5.56 Å². The number of likely N-dealkylation sites (tertiary alicyclic amines) is 1. The number of unbranched alkanes of at least 4 members (excludes halogenated alkanes) is 1. The summed E-state index contributed by atoms with van der Waals surface area (Å²) in [4.78, 5) is 13.7. The minimum atomic E-state index is -0.702. The van der Waals surface area contributed by atoms with Gasteiger partial charge in [-0.1, -0.05) is 30.3 Å². The predicted octanol–water partition coefficient (Wildman–Crippen LogP) is 5.01. The Morgan fingerprint density at radius 2 is 2.03 bits per heavy atom. The van der Waals surface area contributed by atoms with E-state index < -0.39 is 5.97 Å². The van der Waals surface area contributed by atoms with Gasteiger partial charge in [-0.3, -0.25) is 4.79 Å². The molecule has 1 N–H and O–H groups in total. The summed E-state index contributed by atoms with van der Waals surface area (Å²) in [5.74, 6) is 0.655. The lowest BCUT2D eigenvalue weighted by Gasteiger charge is -2.27. The molecule has 0 saturated carbocycles. The highest BCUT2D eigenvalue weighted by Gasteiger charge is 2.36. The number of carboxylic acid groups (broad SMARTS) is 1. The summed E-state index contributed by atoms with van der Waals surface area (Å²) < 4.78 is 12.0. The zero-order chi connectivity index (χ0) is 21.6. The van der Waals surface area contributed by atoms with Crippen LogP contribution in [0.5, 0.6) is 11.5 Å². The fraction of sp³-hybridized carbons (Fsp3) is 0.423. The molecule has 1 fully saturated rings. The molecule has 0 spiro atoms. The Morgan fingerprint density at radius 3 is 2.81 bits per heavy atom. The maximum Gasteiger partial charge on any atom is 0.308 e. The highest BCUT2D eigenvalue weighted by Crippen LogP contribution is 2.35. The van der Waals surface area contributed by atoms with Crippen LogP contribution in [0.3, 0.4) is 0 Å². The third-order valence-corrected chi connectivity index (χ3v) is 6.34. The quantitative estimate of drug-likeness (QED) is 0.608. The lowest BCUT2D eigenvalue weighted by Crippen LogP contribution is -2.32. The molecule has 0 aliphatic carbocycles. The number of carboxylic acids is 1. The van der Waals surface area contributed by atoms with Gasteiger partial charge in [0.1, 0.15) is 11.5 Å². The van der Waals surface area contributed by atoms with Crippen LogP contribution in [0.25, 0.3) is 6.08 Å². The summed E-state index contributed by atoms with van der Waals surface area (Å²) in [6.45, 7) is 4.06. The Hall–Kier alpha value is -2.95. The molecular formula is C26H31NO4. The molecule has 2 heterocycles. The van der Waals surface area contributed by atoms with Crippen LogP contribution in [0.1, 0.15) is 43.7 Å². The van der Waals surface area contributed by atoms with Gasteiger partial charge < -0.3 is 19.5 Å². The summed E-state index contributed by atoms with van der Waals surface area (Å²) in [7, 11) is 0. The van der Waals surface area contributed by atoms with Crippen molar-refractivity contribution in [2.45, 2.75) is 45.1 Å². The first kappa shape index (κ1) is 21.3. The molecule has 2 aromatic rings. The van der Waals surface area contributed by atoms with Crippen LogP contribution in [0.15, 0.2) is 54.2 Å². The first-order chi connectivity index (χ1) is 15.1. The minimum absolute atomic E-state index is 0.00351. The summed E-state index contributed by atoms with van der Waals surface area (Å²) in [6.07, 6.45) is 6.80. The van der Waals surface area contributed by atoms with E-state index in [0.29, 0.717) is 19.6 Å². The average molecular weight is 422 g/mol. The summed E-state index contributed by atoms with van der Waals surface area (Å²) >= 11 is 0. The van der Waals surface area contributed by atoms with Crippen molar-refractivity contribution in [3.8, 4) is 11.5 Å². The van der Waals surface area contributed by atoms with Gasteiger partial charge in [0.05, 0.1) is 19.1 Å². The van der Waals surface area contributed by atoms with E-state index in [1.807, 2.05) is 31.2 Å². The Labute approximate surface area is 184 Å². The maximum atomic E-state index is 11.5. The second-order valence-electron chi connectivity index (χ2n) is 8.39. The van der Waals surface area contributed by atoms with Crippen molar-refractivity contribution >= 4 is 12.0 Å². The van der Waals surface area contributed by atoms with Crippen molar-refractivity contribution in [2.75, 3.05) is 19.8 Å². The molecule has 0 amide bonds. The third kappa shape index (κ3) is 5.22. The average Bonchev–Trinajstić information content (AvgIpc) is 3.03. The number of hydrogen-bond acceptors (Lipinski definition) is 4. The molecule has 4 rings (SSSR count). The highest BCUT2D eigenvalue weighted by molar-refractivity contribution is 5.71. The van der Waals surface area contributed by atoms with Crippen LogP contribution in [-0.2, 0) is 11.2 Å². The number of carbonyl (C=O) groups is 1. The van der Waals surface area contributed by atoms with Crippen LogP contribution in [0, 0.1) is 5.92 Å². The number of hydrogen-bond donors (Lipinski definition) is 1. The maximum absolute atomic E-state index is 11.5. The van der Waals surface area contributed by atoms with Crippen LogP contribution in [-0.4, -0.2) is 41.8 Å². The summed E-state index contributed by atoms with van der Waals surface area (Å²) in [5.41, 5.74) is 3.55. The van der Waals surface area contributed by atoms with Gasteiger partial charge >= 0.3 is 5.97 Å². The van der Waals surface area contributed by atoms with Crippen molar-refractivity contribution in [2.24, 2.45) is 5.92 Å². The second-order valence-corrected chi connectivity index (χ2v) is 8.39. The zero-order valence-electron chi connectivity index (χ0n) is 18.1. The molecular weight excluding hydrogens is 390 g/mol. The van der Waals surface area contributed by atoms with Crippen molar-refractivity contribution in [1.82, 2.24) is 4.90 Å². The van der Waals surface area contributed by atoms with Gasteiger partial charge in [-0.2, -0.15) is 0 Å². The van der Waals surface area contributed by atoms with Gasteiger partial charge in [0, 0.05) is 36.3 Å². The van der Waals surface area contributed by atoms with E-state index in [2.05, 4.69) is 35.2 Å². The minimum Gasteiger partial charge on any atom is -0.493 e. The smallest absolute Gasteiger partial charge is 0.308 e. The topological polar surface area (TPSA) is 59.0 Å². The molecule has 2 aliphatic heterocycles. The molecule has 1 saturated heterocycles. The van der Waals surface area contributed by atoms with Crippen molar-refractivity contribution in [3.05, 3.63) is 65.4 Å². The van der Waals surface area contributed by atoms with Crippen LogP contribution >= 0.6 is 0 Å². The van der Waals surface area contributed by atoms with Gasteiger partial charge in [0.15, 0.2) is 0 Å². The number of ether oxygens (including phenoxy) is 2. The number of rotatable bonds is 8. The molecule has 164 valence electrons. The number of aliphatic carboxylic acids is 1. The summed E-state index contributed by atoms with van der Waals surface area (Å²) in [5, 5.41) is 9.42. The van der Waals surface area contributed by atoms with E-state index in [9.17, 15) is 9.90 Å². The van der Waals surface area contributed by atoms with Crippen molar-refractivity contribution in [1.29, 1.82) is 0 Å². The number of benzene rings is 2. The number of aryl methyl sites for hydroxylation is 1. The molecule has 0 aromatic heterocycles. The Balaban J connectivity index is 1.33. The monoisotopic (exact) mass is 421 g/mol. The van der Waals surface area contributed by atoms with E-state index in [0.717, 1.165) is 55.0 Å². The van der Waals surface area contributed by atoms with Gasteiger partial charge in [-0.15, -0.1) is 0 Å². The van der Waals surface area contributed by atoms with E-state index >= 15 is 0 Å². The molecule has 2 unspecified atom stereocenters. The fourth-order valence-electron chi connectivity index (χ4n) is 4.53. The summed E-state index contributed by atoms with van der Waals surface area (Å²) in [6, 6.07) is 16.5. The Bertz CT molecular complexity index is 924. The number of fused-ring (bicyclic) bond motifs is 1. The largest absolute Gasteiger partial charge is 0.493 e. The zero-order valence-corrected chi connectivity index (χ0v) is 18.1. The lowest BCUT2D eigenvalue weighted by atomic mass is 10.0. The third-order valence-electron chi connectivity index (χ3n) is 6.34. The fourth-order valence-corrected chi connectivity index (χ4v) is 4.53. The number of nitrogens with zero attached hydrogens (tertiary/aromatic N) is 1. The Morgan fingerprint density at radius 1 is 1.19 bits per heavy atom. The van der Waals surface area contributed by atoms with Crippen LogP contribution in [0.2, 0.25) is 0 Å². The lowest BCUT2D eigenvalue weighted by molar-refractivity contribution is -0.142. The first-order valence-electron chi connectivity index (χ1n) is 11.3. The van der Waals surface area contributed by atoms with E-state index in [-0.39, 0.29) is 12.0 Å². The predicted molar refractivity (Wildman–Crippen MR) is 121 cm³/mol. The molecule has 2 aromatic carbocycles. The molecule has 5 nitrogen and oxygen atoms in total. The van der Waals surface area contributed by atoms with Gasteiger partial charge in [0.2, 0.25) is 0 Å². The van der Waals surface area contributed by atoms with Gasteiger partial charge in [-0.25, -0.2) is 0 Å². The highest BCUT2D eigenvalue weighted by atomic mass is 16.5. The molecule has 2 atom stereocenters.